The second-order valence-corrected chi connectivity index (χ2v) is 4.19. The maximum Gasteiger partial charge on any atom is 0.226 e. The Morgan fingerprint density at radius 2 is 2.21 bits per heavy atom. The molecule has 0 saturated heterocycles. The molecule has 0 fully saturated rings. The van der Waals surface area contributed by atoms with Crippen LogP contribution < -0.4 is 5.32 Å². The number of nitrogens with zero attached hydrogens (tertiary/aromatic N) is 1. The molecule has 0 unspecified atom stereocenters. The van der Waals surface area contributed by atoms with E-state index >= 15 is 0 Å². The number of aromatic nitrogens is 1. The van der Waals surface area contributed by atoms with Gasteiger partial charge in [0.25, 0.3) is 0 Å². The van der Waals surface area contributed by atoms with Gasteiger partial charge in [-0.15, -0.1) is 0 Å². The average Bonchev–Trinajstić information content (AvgIpc) is 2.85. The molecule has 100 valence electrons. The average molecular weight is 262 g/mol. The minimum Gasteiger partial charge on any atom is -0.356 e. The Labute approximate surface area is 110 Å². The summed E-state index contributed by atoms with van der Waals surface area (Å²) >= 11 is 0. The highest BCUT2D eigenvalue weighted by Crippen LogP contribution is 2.23. The third-order valence-corrected chi connectivity index (χ3v) is 2.61. The predicted molar refractivity (Wildman–Crippen MR) is 68.9 cm³/mol. The molecule has 1 heterocycles. The first-order chi connectivity index (χ1) is 9.20. The van der Waals surface area contributed by atoms with Crippen molar-refractivity contribution in [3.8, 4) is 11.3 Å². The maximum absolute atomic E-state index is 13.5. The Morgan fingerprint density at radius 1 is 1.42 bits per heavy atom. The summed E-state index contributed by atoms with van der Waals surface area (Å²) < 4.78 is 18.6. The van der Waals surface area contributed by atoms with E-state index in [2.05, 4.69) is 10.5 Å². The molecule has 0 saturated carbocycles. The standard InChI is InChI=1S/C14H15FN2O2/c1-2-7-16-14(18)9-10-8-13(19-17-10)11-5-3-4-6-12(11)15/h3-6,8H,2,7,9H2,1H3,(H,16,18). The van der Waals surface area contributed by atoms with E-state index in [1.54, 1.807) is 24.3 Å². The number of rotatable bonds is 5. The Hall–Kier alpha value is -2.17. The van der Waals surface area contributed by atoms with E-state index in [9.17, 15) is 9.18 Å². The van der Waals surface area contributed by atoms with Gasteiger partial charge in [0, 0.05) is 12.6 Å². The molecule has 0 atom stereocenters. The fraction of sp³-hybridized carbons (Fsp3) is 0.286. The molecule has 19 heavy (non-hydrogen) atoms. The zero-order chi connectivity index (χ0) is 13.7. The van der Waals surface area contributed by atoms with Crippen molar-refractivity contribution in [3.63, 3.8) is 0 Å². The van der Waals surface area contributed by atoms with Crippen LogP contribution in [0.15, 0.2) is 34.9 Å². The SMILES string of the molecule is CCCNC(=O)Cc1cc(-c2ccccc2F)on1. The molecule has 0 spiro atoms. The lowest BCUT2D eigenvalue weighted by Gasteiger charge is -1.99. The van der Waals surface area contributed by atoms with E-state index < -0.39 is 0 Å². The number of carbonyl (C=O) groups excluding carboxylic acids is 1. The molecule has 1 aromatic heterocycles. The molecular weight excluding hydrogens is 247 g/mol. The van der Waals surface area contributed by atoms with E-state index in [-0.39, 0.29) is 18.1 Å². The van der Waals surface area contributed by atoms with Crippen molar-refractivity contribution < 1.29 is 13.7 Å². The van der Waals surface area contributed by atoms with Gasteiger partial charge in [-0.3, -0.25) is 4.79 Å². The Bertz CT molecular complexity index is 566. The topological polar surface area (TPSA) is 55.1 Å². The number of amides is 1. The van der Waals surface area contributed by atoms with Gasteiger partial charge in [-0.05, 0) is 18.6 Å². The van der Waals surface area contributed by atoms with Crippen LogP contribution in [-0.2, 0) is 11.2 Å². The van der Waals surface area contributed by atoms with Crippen molar-refractivity contribution in [2.45, 2.75) is 19.8 Å². The smallest absolute Gasteiger partial charge is 0.226 e. The van der Waals surface area contributed by atoms with Crippen LogP contribution in [0.2, 0.25) is 0 Å². The molecule has 1 amide bonds. The van der Waals surface area contributed by atoms with Gasteiger partial charge in [0.2, 0.25) is 5.91 Å². The van der Waals surface area contributed by atoms with Crippen LogP contribution in [0.4, 0.5) is 4.39 Å². The lowest BCUT2D eigenvalue weighted by Crippen LogP contribution is -2.25. The first-order valence-corrected chi connectivity index (χ1v) is 6.18. The number of hydrogen-bond donors (Lipinski definition) is 1. The van der Waals surface area contributed by atoms with E-state index in [0.717, 1.165) is 6.42 Å². The summed E-state index contributed by atoms with van der Waals surface area (Å²) in [6, 6.07) is 7.87. The predicted octanol–water partition coefficient (Wildman–Crippen LogP) is 2.55. The lowest BCUT2D eigenvalue weighted by molar-refractivity contribution is -0.120. The summed E-state index contributed by atoms with van der Waals surface area (Å²) in [5.74, 6) is -0.160. The van der Waals surface area contributed by atoms with Crippen molar-refractivity contribution >= 4 is 5.91 Å². The summed E-state index contributed by atoms with van der Waals surface area (Å²) in [6.07, 6.45) is 1.02. The maximum atomic E-state index is 13.5. The van der Waals surface area contributed by atoms with Gasteiger partial charge in [0.15, 0.2) is 5.76 Å². The molecule has 2 rings (SSSR count). The molecular formula is C14H15FN2O2. The Morgan fingerprint density at radius 3 is 2.95 bits per heavy atom. The highest BCUT2D eigenvalue weighted by molar-refractivity contribution is 5.78. The van der Waals surface area contributed by atoms with Gasteiger partial charge in [0.05, 0.1) is 17.7 Å². The van der Waals surface area contributed by atoms with Crippen molar-refractivity contribution in [1.29, 1.82) is 0 Å². The molecule has 2 aromatic rings. The highest BCUT2D eigenvalue weighted by Gasteiger charge is 2.12. The van der Waals surface area contributed by atoms with Crippen LogP contribution in [-0.4, -0.2) is 17.6 Å². The summed E-state index contributed by atoms with van der Waals surface area (Å²) in [5.41, 5.74) is 0.835. The summed E-state index contributed by atoms with van der Waals surface area (Å²) in [7, 11) is 0. The fourth-order valence-corrected chi connectivity index (χ4v) is 1.67. The molecule has 0 aliphatic rings. The van der Waals surface area contributed by atoms with Crippen molar-refractivity contribution in [3.05, 3.63) is 41.8 Å². The highest BCUT2D eigenvalue weighted by atomic mass is 19.1. The zero-order valence-electron chi connectivity index (χ0n) is 10.6. The number of benzene rings is 1. The quantitative estimate of drug-likeness (QED) is 0.901. The van der Waals surface area contributed by atoms with Gasteiger partial charge in [-0.1, -0.05) is 24.2 Å². The Kier molecular flexibility index (Phi) is 4.28. The molecule has 1 aromatic carbocycles. The van der Waals surface area contributed by atoms with Crippen LogP contribution in [0.25, 0.3) is 11.3 Å². The van der Waals surface area contributed by atoms with E-state index in [0.29, 0.717) is 23.6 Å². The van der Waals surface area contributed by atoms with E-state index in [4.69, 9.17) is 4.52 Å². The molecule has 1 N–H and O–H groups in total. The van der Waals surface area contributed by atoms with Gasteiger partial charge < -0.3 is 9.84 Å². The fourth-order valence-electron chi connectivity index (χ4n) is 1.67. The monoisotopic (exact) mass is 262 g/mol. The van der Waals surface area contributed by atoms with Crippen LogP contribution in [0.5, 0.6) is 0 Å². The summed E-state index contributed by atoms with van der Waals surface area (Å²) in [6.45, 7) is 2.61. The van der Waals surface area contributed by atoms with Gasteiger partial charge >= 0.3 is 0 Å². The molecule has 0 bridgehead atoms. The summed E-state index contributed by atoms with van der Waals surface area (Å²) in [5, 5.41) is 6.53. The van der Waals surface area contributed by atoms with E-state index in [1.165, 1.54) is 6.07 Å². The number of carbonyl (C=O) groups is 1. The molecule has 0 aliphatic heterocycles. The minimum absolute atomic E-state index is 0.116. The number of hydrogen-bond acceptors (Lipinski definition) is 3. The molecule has 0 aliphatic carbocycles. The van der Waals surface area contributed by atoms with Crippen LogP contribution >= 0.6 is 0 Å². The normalized spacial score (nSPS) is 10.4. The number of nitrogens with one attached hydrogen (secondary N) is 1. The van der Waals surface area contributed by atoms with Crippen LogP contribution in [0.1, 0.15) is 19.0 Å². The molecule has 0 radical (unpaired) electrons. The van der Waals surface area contributed by atoms with Crippen molar-refractivity contribution in [2.75, 3.05) is 6.54 Å². The van der Waals surface area contributed by atoms with Gasteiger partial charge in [-0.2, -0.15) is 0 Å². The van der Waals surface area contributed by atoms with Crippen molar-refractivity contribution in [1.82, 2.24) is 10.5 Å². The van der Waals surface area contributed by atoms with Gasteiger partial charge in [0.1, 0.15) is 5.82 Å². The van der Waals surface area contributed by atoms with Crippen molar-refractivity contribution in [2.24, 2.45) is 0 Å². The van der Waals surface area contributed by atoms with Crippen LogP contribution in [0.3, 0.4) is 0 Å². The van der Waals surface area contributed by atoms with Gasteiger partial charge in [-0.25, -0.2) is 4.39 Å². The van der Waals surface area contributed by atoms with E-state index in [1.807, 2.05) is 6.92 Å². The Balaban J connectivity index is 2.07. The zero-order valence-corrected chi connectivity index (χ0v) is 10.6. The second kappa shape index (κ2) is 6.13. The third-order valence-electron chi connectivity index (χ3n) is 2.61. The minimum atomic E-state index is -0.374. The summed E-state index contributed by atoms with van der Waals surface area (Å²) in [4.78, 5) is 11.5. The third kappa shape index (κ3) is 3.40. The second-order valence-electron chi connectivity index (χ2n) is 4.19. The van der Waals surface area contributed by atoms with Crippen LogP contribution in [0, 0.1) is 5.82 Å². The first kappa shape index (κ1) is 13.3. The molecule has 5 heteroatoms. The largest absolute Gasteiger partial charge is 0.356 e. The lowest BCUT2D eigenvalue weighted by atomic mass is 10.1. The number of halogens is 1. The first-order valence-electron chi connectivity index (χ1n) is 6.18. The molecule has 4 nitrogen and oxygen atoms in total.